The van der Waals surface area contributed by atoms with E-state index in [1.54, 1.807) is 12.1 Å². The number of aromatic nitrogens is 4. The van der Waals surface area contributed by atoms with Crippen molar-refractivity contribution >= 4 is 32.6 Å². The molecule has 0 saturated carbocycles. The number of hydrogen-bond acceptors (Lipinski definition) is 5. The lowest BCUT2D eigenvalue weighted by atomic mass is 10.3. The largest absolute Gasteiger partial charge is 0.319 e. The number of para-hydroxylation sites is 2. The van der Waals surface area contributed by atoms with E-state index in [9.17, 15) is 9.59 Å². The smallest absolute Gasteiger partial charge is 0.272 e. The molecule has 0 bridgehead atoms. The highest BCUT2D eigenvalue weighted by Crippen LogP contribution is 2.13. The molecule has 1 N–H and O–H groups in total. The van der Waals surface area contributed by atoms with Crippen LogP contribution in [0.4, 0.5) is 0 Å². The molecule has 0 aliphatic heterocycles. The lowest BCUT2D eigenvalue weighted by Crippen LogP contribution is -2.25. The van der Waals surface area contributed by atoms with Crippen LogP contribution in [-0.4, -0.2) is 19.5 Å². The quantitative estimate of drug-likeness (QED) is 0.611. The summed E-state index contributed by atoms with van der Waals surface area (Å²) in [6, 6.07) is 9.09. The second-order valence-corrected chi connectivity index (χ2v) is 5.76. The van der Waals surface area contributed by atoms with Gasteiger partial charge in [0.25, 0.3) is 11.1 Å². The molecule has 0 atom stereocenters. The Morgan fingerprint density at radius 3 is 2.91 bits per heavy atom. The van der Waals surface area contributed by atoms with Gasteiger partial charge in [-0.1, -0.05) is 12.1 Å². The third-order valence-corrected chi connectivity index (χ3v) is 4.32. The average Bonchev–Trinajstić information content (AvgIpc) is 3.00. The molecule has 0 radical (unpaired) electrons. The molecule has 0 spiro atoms. The molecule has 22 heavy (non-hydrogen) atoms. The van der Waals surface area contributed by atoms with E-state index in [0.717, 1.165) is 0 Å². The number of H-pyrrole nitrogens is 1. The monoisotopic (exact) mass is 310 g/mol. The van der Waals surface area contributed by atoms with Gasteiger partial charge < -0.3 is 4.98 Å². The summed E-state index contributed by atoms with van der Waals surface area (Å²) in [6.45, 7) is 0.0971. The number of aromatic amines is 1. The standard InChI is InChI=1S/C15H10N4O2S/c20-14-12(17-9-3-1-2-4-10(9)18-14)7-19-8-16-11-5-6-22-13(11)15(19)21/h1-6,8H,7H2,(H,18,20). The van der Waals surface area contributed by atoms with Gasteiger partial charge in [-0.25, -0.2) is 9.97 Å². The maximum absolute atomic E-state index is 12.4. The van der Waals surface area contributed by atoms with E-state index in [2.05, 4.69) is 15.0 Å². The third kappa shape index (κ3) is 2.03. The molecule has 108 valence electrons. The first-order valence-corrected chi connectivity index (χ1v) is 7.51. The normalized spacial score (nSPS) is 11.3. The summed E-state index contributed by atoms with van der Waals surface area (Å²) in [5, 5.41) is 1.82. The molecule has 1 aromatic carbocycles. The van der Waals surface area contributed by atoms with Crippen molar-refractivity contribution in [1.29, 1.82) is 0 Å². The Morgan fingerprint density at radius 2 is 2.00 bits per heavy atom. The maximum Gasteiger partial charge on any atom is 0.272 e. The fourth-order valence-electron chi connectivity index (χ4n) is 2.33. The number of hydrogen-bond donors (Lipinski definition) is 1. The highest BCUT2D eigenvalue weighted by atomic mass is 32.1. The van der Waals surface area contributed by atoms with Crippen molar-refractivity contribution in [3.05, 3.63) is 68.4 Å². The van der Waals surface area contributed by atoms with Crippen LogP contribution in [0.3, 0.4) is 0 Å². The van der Waals surface area contributed by atoms with E-state index in [1.165, 1.54) is 22.2 Å². The van der Waals surface area contributed by atoms with Gasteiger partial charge in [0.05, 0.1) is 29.4 Å². The highest BCUT2D eigenvalue weighted by molar-refractivity contribution is 7.17. The van der Waals surface area contributed by atoms with E-state index in [-0.39, 0.29) is 17.7 Å². The van der Waals surface area contributed by atoms with Gasteiger partial charge in [-0.15, -0.1) is 11.3 Å². The fourth-order valence-corrected chi connectivity index (χ4v) is 3.12. The molecule has 0 fully saturated rings. The second-order valence-electron chi connectivity index (χ2n) is 4.84. The summed E-state index contributed by atoms with van der Waals surface area (Å²) in [7, 11) is 0. The van der Waals surface area contributed by atoms with Crippen LogP contribution in [0, 0.1) is 0 Å². The highest BCUT2D eigenvalue weighted by Gasteiger charge is 2.09. The zero-order valence-corrected chi connectivity index (χ0v) is 12.1. The molecule has 4 aromatic rings. The Morgan fingerprint density at radius 1 is 1.14 bits per heavy atom. The van der Waals surface area contributed by atoms with Crippen LogP contribution >= 0.6 is 11.3 Å². The Kier molecular flexibility index (Phi) is 2.87. The SMILES string of the molecule is O=c1[nH]c2ccccc2nc1Cn1cnc2ccsc2c1=O. The van der Waals surface area contributed by atoms with Gasteiger partial charge in [-0.3, -0.25) is 14.2 Å². The molecule has 3 aromatic heterocycles. The summed E-state index contributed by atoms with van der Waals surface area (Å²) in [5.74, 6) is 0. The molecule has 3 heterocycles. The van der Waals surface area contributed by atoms with E-state index in [1.807, 2.05) is 23.6 Å². The first-order valence-electron chi connectivity index (χ1n) is 6.63. The number of nitrogens with one attached hydrogen (secondary N) is 1. The number of thiophene rings is 1. The van der Waals surface area contributed by atoms with Gasteiger partial charge in [-0.2, -0.15) is 0 Å². The predicted molar refractivity (Wildman–Crippen MR) is 85.3 cm³/mol. The van der Waals surface area contributed by atoms with Crippen molar-refractivity contribution in [3.8, 4) is 0 Å². The predicted octanol–water partition coefficient (Wildman–Crippen LogP) is 1.74. The minimum absolute atomic E-state index is 0.0971. The average molecular weight is 310 g/mol. The van der Waals surface area contributed by atoms with Crippen LogP contribution < -0.4 is 11.1 Å². The van der Waals surface area contributed by atoms with Crippen LogP contribution in [0.2, 0.25) is 0 Å². The van der Waals surface area contributed by atoms with Crippen LogP contribution in [0.5, 0.6) is 0 Å². The molecule has 7 heteroatoms. The van der Waals surface area contributed by atoms with E-state index in [0.29, 0.717) is 26.9 Å². The van der Waals surface area contributed by atoms with Crippen LogP contribution in [-0.2, 0) is 6.54 Å². The fraction of sp³-hybridized carbons (Fsp3) is 0.0667. The summed E-state index contributed by atoms with van der Waals surface area (Å²) in [6.07, 6.45) is 1.45. The van der Waals surface area contributed by atoms with Gasteiger partial charge >= 0.3 is 0 Å². The number of fused-ring (bicyclic) bond motifs is 2. The van der Waals surface area contributed by atoms with Crippen molar-refractivity contribution in [1.82, 2.24) is 19.5 Å². The van der Waals surface area contributed by atoms with Gasteiger partial charge in [0.1, 0.15) is 10.4 Å². The molecule has 0 saturated heterocycles. The van der Waals surface area contributed by atoms with E-state index >= 15 is 0 Å². The van der Waals surface area contributed by atoms with Gasteiger partial charge in [0, 0.05) is 0 Å². The summed E-state index contributed by atoms with van der Waals surface area (Å²) in [4.78, 5) is 35.8. The first kappa shape index (κ1) is 12.9. The molecule has 0 aliphatic rings. The van der Waals surface area contributed by atoms with Crippen molar-refractivity contribution in [2.45, 2.75) is 6.54 Å². The molecular formula is C15H10N4O2S. The van der Waals surface area contributed by atoms with Crippen molar-refractivity contribution in [2.75, 3.05) is 0 Å². The lowest BCUT2D eigenvalue weighted by Gasteiger charge is -2.05. The number of nitrogens with zero attached hydrogens (tertiary/aromatic N) is 3. The van der Waals surface area contributed by atoms with Crippen molar-refractivity contribution < 1.29 is 0 Å². The molecule has 0 aliphatic carbocycles. The second kappa shape index (κ2) is 4.88. The molecule has 6 nitrogen and oxygen atoms in total. The van der Waals surface area contributed by atoms with E-state index < -0.39 is 0 Å². The summed E-state index contributed by atoms with van der Waals surface area (Å²) < 4.78 is 1.99. The zero-order valence-electron chi connectivity index (χ0n) is 11.3. The third-order valence-electron chi connectivity index (χ3n) is 3.43. The van der Waals surface area contributed by atoms with E-state index in [4.69, 9.17) is 0 Å². The number of benzene rings is 1. The summed E-state index contributed by atoms with van der Waals surface area (Å²) >= 11 is 1.34. The maximum atomic E-state index is 12.4. The van der Waals surface area contributed by atoms with Gasteiger partial charge in [0.2, 0.25) is 0 Å². The Hall–Kier alpha value is -2.80. The Balaban J connectivity index is 1.85. The number of rotatable bonds is 2. The molecule has 0 unspecified atom stereocenters. The Bertz CT molecular complexity index is 1110. The van der Waals surface area contributed by atoms with Crippen LogP contribution in [0.25, 0.3) is 21.3 Å². The molecular weight excluding hydrogens is 300 g/mol. The van der Waals surface area contributed by atoms with Gasteiger partial charge in [0.15, 0.2) is 0 Å². The lowest BCUT2D eigenvalue weighted by molar-refractivity contribution is 0.724. The first-order chi connectivity index (χ1) is 10.7. The zero-order chi connectivity index (χ0) is 15.1. The van der Waals surface area contributed by atoms with Crippen LogP contribution in [0.15, 0.2) is 51.6 Å². The van der Waals surface area contributed by atoms with Crippen LogP contribution in [0.1, 0.15) is 5.69 Å². The molecule has 0 amide bonds. The topological polar surface area (TPSA) is 80.6 Å². The van der Waals surface area contributed by atoms with Crippen molar-refractivity contribution in [3.63, 3.8) is 0 Å². The minimum Gasteiger partial charge on any atom is -0.319 e. The minimum atomic E-state index is -0.295. The van der Waals surface area contributed by atoms with Gasteiger partial charge in [-0.05, 0) is 23.6 Å². The van der Waals surface area contributed by atoms with Crippen molar-refractivity contribution in [2.24, 2.45) is 0 Å². The Labute approximate surface area is 127 Å². The summed E-state index contributed by atoms with van der Waals surface area (Å²) in [5.41, 5.74) is 1.88. The molecule has 4 rings (SSSR count).